The van der Waals surface area contributed by atoms with Gasteiger partial charge in [0.05, 0.1) is 21.6 Å². The molecule has 27 heavy (non-hydrogen) atoms. The van der Waals surface area contributed by atoms with Gasteiger partial charge in [-0.15, -0.1) is 11.3 Å². The summed E-state index contributed by atoms with van der Waals surface area (Å²) in [7, 11) is 1.79. The van der Waals surface area contributed by atoms with E-state index in [0.717, 1.165) is 33.6 Å². The van der Waals surface area contributed by atoms with E-state index in [9.17, 15) is 4.79 Å². The van der Waals surface area contributed by atoms with E-state index < -0.39 is 0 Å². The fraction of sp³-hybridized carbons (Fsp3) is 0.300. The van der Waals surface area contributed by atoms with Crippen LogP contribution in [0.5, 0.6) is 5.75 Å². The molecule has 142 valence electrons. The van der Waals surface area contributed by atoms with E-state index in [4.69, 9.17) is 4.74 Å². The largest absolute Gasteiger partial charge is 0.489 e. The van der Waals surface area contributed by atoms with Crippen molar-refractivity contribution in [1.29, 1.82) is 0 Å². The van der Waals surface area contributed by atoms with Gasteiger partial charge in [-0.25, -0.2) is 0 Å². The molecular formula is C20H22BrN3O2S. The Labute approximate surface area is 171 Å². The number of hydrogen-bond donors (Lipinski definition) is 0. The lowest BCUT2D eigenvalue weighted by atomic mass is 10.2. The van der Waals surface area contributed by atoms with Crippen LogP contribution in [0.15, 0.2) is 46.4 Å². The lowest BCUT2D eigenvalue weighted by Gasteiger charge is -2.15. The number of aryl methyl sites for hydroxylation is 2. The number of hydrogen-bond acceptors (Lipinski definition) is 4. The fourth-order valence-electron chi connectivity index (χ4n) is 2.63. The molecule has 0 N–H and O–H groups in total. The summed E-state index contributed by atoms with van der Waals surface area (Å²) in [5.74, 6) is 0.852. The van der Waals surface area contributed by atoms with Gasteiger partial charge in [0.25, 0.3) is 5.91 Å². The second-order valence-corrected chi connectivity index (χ2v) is 8.08. The second-order valence-electron chi connectivity index (χ2n) is 6.31. The molecule has 3 aromatic rings. The van der Waals surface area contributed by atoms with Gasteiger partial charge in [-0.1, -0.05) is 18.2 Å². The highest BCUT2D eigenvalue weighted by atomic mass is 79.9. The molecule has 2 aromatic heterocycles. The summed E-state index contributed by atoms with van der Waals surface area (Å²) in [6.45, 7) is 5.75. The highest BCUT2D eigenvalue weighted by molar-refractivity contribution is 9.10. The van der Waals surface area contributed by atoms with Gasteiger partial charge in [0, 0.05) is 25.4 Å². The number of rotatable bonds is 7. The minimum atomic E-state index is -0.0138. The van der Waals surface area contributed by atoms with E-state index in [1.807, 2.05) is 60.4 Å². The maximum atomic E-state index is 12.7. The Kier molecular flexibility index (Phi) is 6.34. The first-order valence-electron chi connectivity index (χ1n) is 8.71. The van der Waals surface area contributed by atoms with Crippen LogP contribution in [-0.2, 0) is 19.7 Å². The number of nitrogens with zero attached hydrogens (tertiary/aromatic N) is 3. The first-order valence-corrected chi connectivity index (χ1v) is 10.4. The van der Waals surface area contributed by atoms with Crippen molar-refractivity contribution in [2.75, 3.05) is 7.05 Å². The van der Waals surface area contributed by atoms with E-state index in [1.165, 1.54) is 11.3 Å². The Balaban J connectivity index is 1.62. The van der Waals surface area contributed by atoms with Crippen molar-refractivity contribution in [1.82, 2.24) is 14.7 Å². The summed E-state index contributed by atoms with van der Waals surface area (Å²) in [5.41, 5.74) is 2.95. The lowest BCUT2D eigenvalue weighted by molar-refractivity contribution is 0.0787. The molecule has 0 aliphatic heterocycles. The molecular weight excluding hydrogens is 426 g/mol. The molecule has 0 saturated heterocycles. The number of carbonyl (C=O) groups excluding carboxylic acids is 1. The number of aromatic nitrogens is 2. The molecule has 2 heterocycles. The smallest absolute Gasteiger partial charge is 0.264 e. The summed E-state index contributed by atoms with van der Waals surface area (Å²) in [4.78, 5) is 15.1. The van der Waals surface area contributed by atoms with Gasteiger partial charge in [-0.2, -0.15) is 5.10 Å². The summed E-state index contributed by atoms with van der Waals surface area (Å²) in [6, 6.07) is 9.82. The summed E-state index contributed by atoms with van der Waals surface area (Å²) >= 11 is 4.95. The zero-order chi connectivity index (χ0) is 19.4. The zero-order valence-electron chi connectivity index (χ0n) is 15.6. The molecule has 5 nitrogen and oxygen atoms in total. The zero-order valence-corrected chi connectivity index (χ0v) is 18.0. The minimum absolute atomic E-state index is 0.0138. The van der Waals surface area contributed by atoms with Crippen LogP contribution in [0.1, 0.15) is 33.4 Å². The molecule has 0 bridgehead atoms. The first kappa shape index (κ1) is 19.6. The van der Waals surface area contributed by atoms with Crippen LogP contribution in [0, 0.1) is 6.92 Å². The highest BCUT2D eigenvalue weighted by Gasteiger charge is 2.17. The van der Waals surface area contributed by atoms with Crippen molar-refractivity contribution < 1.29 is 9.53 Å². The maximum Gasteiger partial charge on any atom is 0.264 e. The Hall–Kier alpha value is -2.12. The minimum Gasteiger partial charge on any atom is -0.489 e. The quantitative estimate of drug-likeness (QED) is 0.517. The number of para-hydroxylation sites is 1. The molecule has 0 spiro atoms. The Morgan fingerprint density at radius 2 is 2.15 bits per heavy atom. The standard InChI is InChI=1S/C20H22BrN3O2S/c1-4-24-10-16(21)17(22-24)11-23(3)20(25)19-9-15(13-27-19)12-26-18-8-6-5-7-14(18)2/h5-10,13H,4,11-12H2,1-3H3. The van der Waals surface area contributed by atoms with Gasteiger partial charge in [-0.3, -0.25) is 9.48 Å². The fourth-order valence-corrected chi connectivity index (χ4v) is 3.97. The van der Waals surface area contributed by atoms with Gasteiger partial charge >= 0.3 is 0 Å². The molecule has 0 aliphatic carbocycles. The van der Waals surface area contributed by atoms with Crippen LogP contribution in [0.2, 0.25) is 0 Å². The van der Waals surface area contributed by atoms with Crippen LogP contribution in [-0.4, -0.2) is 27.6 Å². The van der Waals surface area contributed by atoms with Gasteiger partial charge in [0.1, 0.15) is 12.4 Å². The number of benzene rings is 1. The van der Waals surface area contributed by atoms with E-state index in [1.54, 1.807) is 11.9 Å². The monoisotopic (exact) mass is 447 g/mol. The van der Waals surface area contributed by atoms with Crippen LogP contribution in [0.3, 0.4) is 0 Å². The Bertz CT molecular complexity index is 935. The molecule has 0 saturated carbocycles. The molecule has 0 atom stereocenters. The number of thiophene rings is 1. The number of halogens is 1. The topological polar surface area (TPSA) is 47.4 Å². The van der Waals surface area contributed by atoms with E-state index in [0.29, 0.717) is 18.0 Å². The maximum absolute atomic E-state index is 12.7. The van der Waals surface area contributed by atoms with Crippen molar-refractivity contribution in [2.45, 2.75) is 33.5 Å². The average molecular weight is 448 g/mol. The third-order valence-electron chi connectivity index (χ3n) is 4.20. The van der Waals surface area contributed by atoms with Crippen LogP contribution in [0.4, 0.5) is 0 Å². The molecule has 0 aliphatic rings. The van der Waals surface area contributed by atoms with Crippen LogP contribution in [0.25, 0.3) is 0 Å². The molecule has 0 fully saturated rings. The van der Waals surface area contributed by atoms with Crippen molar-refractivity contribution in [3.05, 3.63) is 68.1 Å². The summed E-state index contributed by atoms with van der Waals surface area (Å²) < 4.78 is 8.64. The molecule has 1 amide bonds. The summed E-state index contributed by atoms with van der Waals surface area (Å²) in [5, 5.41) is 6.45. The van der Waals surface area contributed by atoms with Crippen LogP contribution < -0.4 is 4.74 Å². The average Bonchev–Trinajstić information content (AvgIpc) is 3.27. The SMILES string of the molecule is CCn1cc(Br)c(CN(C)C(=O)c2cc(COc3ccccc3C)cs2)n1. The number of ether oxygens (including phenoxy) is 1. The first-order chi connectivity index (χ1) is 13.0. The normalized spacial score (nSPS) is 10.8. The van der Waals surface area contributed by atoms with E-state index >= 15 is 0 Å². The molecule has 0 radical (unpaired) electrons. The number of amides is 1. The summed E-state index contributed by atoms with van der Waals surface area (Å²) in [6.07, 6.45) is 1.93. The Morgan fingerprint density at radius 1 is 1.37 bits per heavy atom. The van der Waals surface area contributed by atoms with E-state index in [-0.39, 0.29) is 5.91 Å². The molecule has 1 aromatic carbocycles. The van der Waals surface area contributed by atoms with Crippen molar-refractivity contribution >= 4 is 33.2 Å². The molecule has 7 heteroatoms. The third-order valence-corrected chi connectivity index (χ3v) is 5.83. The predicted molar refractivity (Wildman–Crippen MR) is 111 cm³/mol. The lowest BCUT2D eigenvalue weighted by Crippen LogP contribution is -2.25. The van der Waals surface area contributed by atoms with Gasteiger partial charge < -0.3 is 9.64 Å². The second kappa shape index (κ2) is 8.71. The van der Waals surface area contributed by atoms with Gasteiger partial charge in [-0.05, 0) is 52.9 Å². The Morgan fingerprint density at radius 3 is 2.85 bits per heavy atom. The van der Waals surface area contributed by atoms with Crippen molar-refractivity contribution in [3.8, 4) is 5.75 Å². The highest BCUT2D eigenvalue weighted by Crippen LogP contribution is 2.22. The van der Waals surface area contributed by atoms with Gasteiger partial charge in [0.2, 0.25) is 0 Å². The molecule has 0 unspecified atom stereocenters. The molecule has 3 rings (SSSR count). The van der Waals surface area contributed by atoms with E-state index in [2.05, 4.69) is 21.0 Å². The van der Waals surface area contributed by atoms with Gasteiger partial charge in [0.15, 0.2) is 0 Å². The third kappa shape index (κ3) is 4.78. The van der Waals surface area contributed by atoms with Crippen molar-refractivity contribution in [3.63, 3.8) is 0 Å². The van der Waals surface area contributed by atoms with Crippen molar-refractivity contribution in [2.24, 2.45) is 0 Å². The number of carbonyl (C=O) groups is 1. The predicted octanol–water partition coefficient (Wildman–Crippen LogP) is 4.89. The van der Waals surface area contributed by atoms with Crippen LogP contribution >= 0.6 is 27.3 Å².